The Hall–Kier alpha value is -2.75. The summed E-state index contributed by atoms with van der Waals surface area (Å²) in [5.74, 6) is 0.690. The number of nitrogens with zero attached hydrogens (tertiary/aromatic N) is 3. The maximum atomic E-state index is 12.4. The zero-order valence-electron chi connectivity index (χ0n) is 13.3. The minimum atomic E-state index is -4.57. The van der Waals surface area contributed by atoms with E-state index in [1.807, 2.05) is 30.3 Å². The Bertz CT molecular complexity index is 877. The summed E-state index contributed by atoms with van der Waals surface area (Å²) >= 11 is 0.289. The van der Waals surface area contributed by atoms with Gasteiger partial charge in [0.1, 0.15) is 0 Å². The molecule has 0 unspecified atom stereocenters. The summed E-state index contributed by atoms with van der Waals surface area (Å²) in [6, 6.07) is 9.47. The molecule has 0 aliphatic rings. The Labute approximate surface area is 150 Å². The van der Waals surface area contributed by atoms with Crippen molar-refractivity contribution in [3.8, 4) is 11.3 Å². The molecule has 2 heterocycles. The highest BCUT2D eigenvalue weighted by Crippen LogP contribution is 2.33. The van der Waals surface area contributed by atoms with Crippen molar-refractivity contribution in [2.24, 2.45) is 0 Å². The van der Waals surface area contributed by atoms with Crippen LogP contribution in [0.15, 0.2) is 40.9 Å². The molecule has 1 N–H and O–H groups in total. The number of rotatable bonds is 6. The lowest BCUT2D eigenvalue weighted by Gasteiger charge is -2.00. The fourth-order valence-corrected chi connectivity index (χ4v) is 2.76. The molecule has 26 heavy (non-hydrogen) atoms. The van der Waals surface area contributed by atoms with Crippen LogP contribution in [0, 0.1) is 0 Å². The molecule has 0 saturated carbocycles. The molecule has 0 saturated heterocycles. The number of nitrogens with one attached hydrogen (secondary N) is 1. The first kappa shape index (κ1) is 18.1. The minimum Gasteiger partial charge on any atom is -0.441 e. The van der Waals surface area contributed by atoms with Crippen molar-refractivity contribution in [2.75, 3.05) is 5.32 Å². The highest BCUT2D eigenvalue weighted by Gasteiger charge is 2.35. The first-order chi connectivity index (χ1) is 12.4. The summed E-state index contributed by atoms with van der Waals surface area (Å²) in [5.41, 5.74) is 0.903. The summed E-state index contributed by atoms with van der Waals surface area (Å²) in [6.07, 6.45) is -1.98. The second-order valence-corrected chi connectivity index (χ2v) is 6.27. The number of aromatic nitrogens is 3. The van der Waals surface area contributed by atoms with Gasteiger partial charge in [0.2, 0.25) is 16.0 Å². The monoisotopic (exact) mass is 382 g/mol. The summed E-state index contributed by atoms with van der Waals surface area (Å²) in [4.78, 5) is 15.9. The number of hydrogen-bond acceptors (Lipinski definition) is 6. The Morgan fingerprint density at radius 3 is 2.65 bits per heavy atom. The van der Waals surface area contributed by atoms with Crippen molar-refractivity contribution in [2.45, 2.75) is 25.4 Å². The lowest BCUT2D eigenvalue weighted by Crippen LogP contribution is -2.11. The first-order valence-electron chi connectivity index (χ1n) is 7.62. The summed E-state index contributed by atoms with van der Waals surface area (Å²) in [6.45, 7) is 0. The quantitative estimate of drug-likeness (QED) is 0.692. The fraction of sp³-hybridized carbons (Fsp3) is 0.250. The van der Waals surface area contributed by atoms with Crippen LogP contribution in [0.2, 0.25) is 0 Å². The number of hydrogen-bond donors (Lipinski definition) is 1. The lowest BCUT2D eigenvalue weighted by atomic mass is 10.2. The number of halogens is 3. The molecule has 1 aromatic carbocycles. The predicted octanol–water partition coefficient (Wildman–Crippen LogP) is 4.17. The molecule has 1 amide bonds. The van der Waals surface area contributed by atoms with Crippen LogP contribution in [-0.4, -0.2) is 21.1 Å². The Kier molecular flexibility index (Phi) is 5.31. The van der Waals surface area contributed by atoms with Crippen molar-refractivity contribution in [1.29, 1.82) is 0 Å². The molecule has 0 radical (unpaired) electrons. The van der Waals surface area contributed by atoms with Crippen LogP contribution in [0.3, 0.4) is 0 Å². The van der Waals surface area contributed by atoms with E-state index in [4.69, 9.17) is 4.42 Å². The third-order valence-electron chi connectivity index (χ3n) is 3.32. The molecular weight excluding hydrogens is 369 g/mol. The van der Waals surface area contributed by atoms with Gasteiger partial charge in [-0.3, -0.25) is 4.79 Å². The third kappa shape index (κ3) is 4.66. The predicted molar refractivity (Wildman–Crippen MR) is 88.4 cm³/mol. The zero-order valence-corrected chi connectivity index (χ0v) is 14.1. The Balaban J connectivity index is 1.47. The van der Waals surface area contributed by atoms with Gasteiger partial charge in [0.25, 0.3) is 0 Å². The van der Waals surface area contributed by atoms with E-state index < -0.39 is 17.1 Å². The third-order valence-corrected chi connectivity index (χ3v) is 4.20. The van der Waals surface area contributed by atoms with E-state index >= 15 is 0 Å². The SMILES string of the molecule is O=C(CCCc1ncc(-c2ccccc2)o1)Nc1nnc(C(F)(F)F)s1. The average Bonchev–Trinajstić information content (AvgIpc) is 3.25. The van der Waals surface area contributed by atoms with E-state index in [-0.39, 0.29) is 22.9 Å². The number of alkyl halides is 3. The summed E-state index contributed by atoms with van der Waals surface area (Å²) in [7, 11) is 0. The van der Waals surface area contributed by atoms with E-state index in [1.165, 1.54) is 0 Å². The van der Waals surface area contributed by atoms with Crippen LogP contribution in [0.5, 0.6) is 0 Å². The molecular formula is C16H13F3N4O2S. The largest absolute Gasteiger partial charge is 0.445 e. The van der Waals surface area contributed by atoms with Crippen molar-refractivity contribution < 1.29 is 22.4 Å². The van der Waals surface area contributed by atoms with Gasteiger partial charge in [-0.2, -0.15) is 13.2 Å². The molecule has 0 aliphatic carbocycles. The van der Waals surface area contributed by atoms with Gasteiger partial charge in [0.15, 0.2) is 11.7 Å². The van der Waals surface area contributed by atoms with Gasteiger partial charge < -0.3 is 9.73 Å². The average molecular weight is 382 g/mol. The van der Waals surface area contributed by atoms with Gasteiger partial charge in [-0.1, -0.05) is 41.7 Å². The maximum absolute atomic E-state index is 12.4. The number of benzene rings is 1. The number of carbonyl (C=O) groups is 1. The second kappa shape index (κ2) is 7.65. The van der Waals surface area contributed by atoms with Gasteiger partial charge in [-0.15, -0.1) is 10.2 Å². The van der Waals surface area contributed by atoms with Crippen LogP contribution in [0.25, 0.3) is 11.3 Å². The van der Waals surface area contributed by atoms with E-state index in [0.29, 0.717) is 24.5 Å². The smallest absolute Gasteiger partial charge is 0.441 e. The number of carbonyl (C=O) groups excluding carboxylic acids is 1. The van der Waals surface area contributed by atoms with E-state index in [1.54, 1.807) is 6.20 Å². The van der Waals surface area contributed by atoms with E-state index in [9.17, 15) is 18.0 Å². The van der Waals surface area contributed by atoms with Crippen molar-refractivity contribution in [1.82, 2.24) is 15.2 Å². The van der Waals surface area contributed by atoms with Gasteiger partial charge in [0.05, 0.1) is 6.20 Å². The van der Waals surface area contributed by atoms with Crippen LogP contribution in [-0.2, 0) is 17.4 Å². The number of oxazole rings is 1. The Morgan fingerprint density at radius 1 is 1.19 bits per heavy atom. The van der Waals surface area contributed by atoms with Gasteiger partial charge >= 0.3 is 6.18 Å². The van der Waals surface area contributed by atoms with E-state index in [0.717, 1.165) is 5.56 Å². The molecule has 6 nitrogen and oxygen atoms in total. The van der Waals surface area contributed by atoms with Crippen molar-refractivity contribution >= 4 is 22.4 Å². The molecule has 0 atom stereocenters. The Morgan fingerprint density at radius 2 is 1.96 bits per heavy atom. The van der Waals surface area contributed by atoms with Crippen molar-refractivity contribution in [3.05, 3.63) is 47.4 Å². The minimum absolute atomic E-state index is 0.101. The van der Waals surface area contributed by atoms with Gasteiger partial charge in [-0.25, -0.2) is 4.98 Å². The molecule has 0 spiro atoms. The number of aryl methyl sites for hydroxylation is 1. The van der Waals surface area contributed by atoms with Gasteiger partial charge in [-0.05, 0) is 6.42 Å². The molecule has 136 valence electrons. The first-order valence-corrected chi connectivity index (χ1v) is 8.44. The van der Waals surface area contributed by atoms with Crippen LogP contribution in [0.4, 0.5) is 18.3 Å². The maximum Gasteiger partial charge on any atom is 0.445 e. The highest BCUT2D eigenvalue weighted by atomic mass is 32.1. The molecule has 0 aliphatic heterocycles. The number of anilines is 1. The normalized spacial score (nSPS) is 11.5. The highest BCUT2D eigenvalue weighted by molar-refractivity contribution is 7.15. The van der Waals surface area contributed by atoms with E-state index in [2.05, 4.69) is 20.5 Å². The number of amides is 1. The van der Waals surface area contributed by atoms with Crippen LogP contribution < -0.4 is 5.32 Å². The standard InChI is InChI=1S/C16H13F3N4O2S/c17-16(18,19)14-22-23-15(26-14)21-12(24)7-4-8-13-20-9-11(25-13)10-5-2-1-3-6-10/h1-3,5-6,9H,4,7-8H2,(H,21,23,24). The second-order valence-electron chi connectivity index (χ2n) is 5.30. The fourth-order valence-electron chi connectivity index (χ4n) is 2.13. The van der Waals surface area contributed by atoms with Crippen LogP contribution in [0.1, 0.15) is 23.7 Å². The van der Waals surface area contributed by atoms with Crippen molar-refractivity contribution in [3.63, 3.8) is 0 Å². The molecule has 3 aromatic rings. The zero-order chi connectivity index (χ0) is 18.6. The lowest BCUT2D eigenvalue weighted by molar-refractivity contribution is -0.138. The summed E-state index contributed by atoms with van der Waals surface area (Å²) < 4.78 is 42.9. The van der Waals surface area contributed by atoms with Crippen LogP contribution >= 0.6 is 11.3 Å². The molecule has 10 heteroatoms. The topological polar surface area (TPSA) is 80.9 Å². The molecule has 0 fully saturated rings. The van der Waals surface area contributed by atoms with Gasteiger partial charge in [0, 0.05) is 18.4 Å². The summed E-state index contributed by atoms with van der Waals surface area (Å²) in [5, 5.41) is 7.35. The molecule has 0 bridgehead atoms. The molecule has 2 aromatic heterocycles. The molecule has 3 rings (SSSR count).